The van der Waals surface area contributed by atoms with Crippen molar-refractivity contribution in [3.8, 4) is 0 Å². The Labute approximate surface area is 177 Å². The number of benzene rings is 2. The molecule has 1 fully saturated rings. The minimum absolute atomic E-state index is 0.0495. The Bertz CT molecular complexity index is 918. The maximum absolute atomic E-state index is 12.8. The molecule has 0 spiro atoms. The standard InChI is InChI=1S/C22H19NO8/c1-2-29-16(24)13-23-19(25)17(30-21(27)14-9-5-3-6-10-14)18(20(23)26)31-22(28)15-11-7-4-8-12-15/h3-12,17-18H,2,13H2,1H3/t17-,18-/m1/s1. The van der Waals surface area contributed by atoms with E-state index in [1.807, 2.05) is 0 Å². The summed E-state index contributed by atoms with van der Waals surface area (Å²) in [6.45, 7) is 0.929. The van der Waals surface area contributed by atoms with Gasteiger partial charge in [-0.05, 0) is 31.2 Å². The predicted molar refractivity (Wildman–Crippen MR) is 105 cm³/mol. The zero-order valence-corrected chi connectivity index (χ0v) is 16.6. The van der Waals surface area contributed by atoms with Gasteiger partial charge in [-0.15, -0.1) is 0 Å². The van der Waals surface area contributed by atoms with E-state index in [4.69, 9.17) is 14.2 Å². The first kappa shape index (κ1) is 21.7. The molecule has 0 radical (unpaired) electrons. The average molecular weight is 425 g/mol. The molecule has 0 saturated carbocycles. The van der Waals surface area contributed by atoms with Crippen LogP contribution in [0.1, 0.15) is 27.6 Å². The second kappa shape index (κ2) is 9.66. The molecule has 1 saturated heterocycles. The van der Waals surface area contributed by atoms with E-state index in [2.05, 4.69) is 0 Å². The van der Waals surface area contributed by atoms with E-state index < -0.39 is 48.5 Å². The third-order valence-corrected chi connectivity index (χ3v) is 4.37. The molecule has 0 bridgehead atoms. The molecule has 2 aromatic carbocycles. The molecule has 0 aromatic heterocycles. The molecule has 0 unspecified atom stereocenters. The Morgan fingerprint density at radius 1 is 0.774 bits per heavy atom. The fourth-order valence-electron chi connectivity index (χ4n) is 2.91. The summed E-state index contributed by atoms with van der Waals surface area (Å²) in [5.74, 6) is -4.55. The van der Waals surface area contributed by atoms with Crippen molar-refractivity contribution < 1.29 is 38.2 Å². The van der Waals surface area contributed by atoms with Gasteiger partial charge in [-0.1, -0.05) is 36.4 Å². The first-order valence-corrected chi connectivity index (χ1v) is 9.45. The third-order valence-electron chi connectivity index (χ3n) is 4.37. The molecular formula is C22H19NO8. The molecule has 2 aromatic rings. The van der Waals surface area contributed by atoms with Gasteiger partial charge in [-0.25, -0.2) is 9.59 Å². The highest BCUT2D eigenvalue weighted by atomic mass is 16.6. The van der Waals surface area contributed by atoms with Crippen molar-refractivity contribution in [2.24, 2.45) is 0 Å². The first-order valence-electron chi connectivity index (χ1n) is 9.45. The van der Waals surface area contributed by atoms with E-state index in [1.165, 1.54) is 24.3 Å². The summed E-state index contributed by atoms with van der Waals surface area (Å²) in [5.41, 5.74) is 0.277. The number of hydrogen-bond acceptors (Lipinski definition) is 8. The van der Waals surface area contributed by atoms with Crippen molar-refractivity contribution in [3.63, 3.8) is 0 Å². The quantitative estimate of drug-likeness (QED) is 0.371. The van der Waals surface area contributed by atoms with Crippen molar-refractivity contribution in [3.05, 3.63) is 71.8 Å². The lowest BCUT2D eigenvalue weighted by atomic mass is 10.2. The minimum atomic E-state index is -1.73. The predicted octanol–water partition coefficient (Wildman–Crippen LogP) is 1.37. The molecule has 1 aliphatic heterocycles. The van der Waals surface area contributed by atoms with Crippen LogP contribution in [0.2, 0.25) is 0 Å². The summed E-state index contributed by atoms with van der Waals surface area (Å²) in [5, 5.41) is 0. The molecule has 3 rings (SSSR count). The smallest absolute Gasteiger partial charge is 0.339 e. The summed E-state index contributed by atoms with van der Waals surface area (Å²) in [7, 11) is 0. The molecule has 9 heteroatoms. The molecule has 2 amide bonds. The monoisotopic (exact) mass is 425 g/mol. The number of likely N-dealkylation sites (tertiary alicyclic amines) is 1. The Balaban J connectivity index is 1.84. The van der Waals surface area contributed by atoms with E-state index in [0.29, 0.717) is 4.90 Å². The van der Waals surface area contributed by atoms with Crippen molar-refractivity contribution >= 4 is 29.7 Å². The number of hydrogen-bond donors (Lipinski definition) is 0. The zero-order valence-electron chi connectivity index (χ0n) is 16.6. The second-order valence-electron chi connectivity index (χ2n) is 6.45. The molecular weight excluding hydrogens is 406 g/mol. The van der Waals surface area contributed by atoms with Crippen molar-refractivity contribution in [1.29, 1.82) is 0 Å². The van der Waals surface area contributed by atoms with Gasteiger partial charge in [0.1, 0.15) is 6.54 Å². The van der Waals surface area contributed by atoms with Gasteiger partial charge in [0, 0.05) is 0 Å². The van der Waals surface area contributed by atoms with Crippen LogP contribution in [0.15, 0.2) is 60.7 Å². The molecule has 2 atom stereocenters. The largest absolute Gasteiger partial charge is 0.465 e. The normalized spacial score (nSPS) is 17.9. The SMILES string of the molecule is CCOC(=O)CN1C(=O)[C@H](OC(=O)c2ccccc2)[C@@H](OC(=O)c2ccccc2)C1=O. The summed E-state index contributed by atoms with van der Waals surface area (Å²) in [4.78, 5) is 62.8. The van der Waals surface area contributed by atoms with Crippen molar-refractivity contribution in [1.82, 2.24) is 4.90 Å². The van der Waals surface area contributed by atoms with Gasteiger partial charge in [0.15, 0.2) is 0 Å². The van der Waals surface area contributed by atoms with Crippen LogP contribution >= 0.6 is 0 Å². The summed E-state index contributed by atoms with van der Waals surface area (Å²) >= 11 is 0. The molecule has 9 nitrogen and oxygen atoms in total. The maximum Gasteiger partial charge on any atom is 0.339 e. The van der Waals surface area contributed by atoms with E-state index >= 15 is 0 Å². The number of carbonyl (C=O) groups excluding carboxylic acids is 5. The van der Waals surface area contributed by atoms with E-state index in [-0.39, 0.29) is 17.7 Å². The third kappa shape index (κ3) is 4.95. The maximum atomic E-state index is 12.8. The topological polar surface area (TPSA) is 116 Å². The highest BCUT2D eigenvalue weighted by Crippen LogP contribution is 2.23. The van der Waals surface area contributed by atoms with E-state index in [0.717, 1.165) is 0 Å². The van der Waals surface area contributed by atoms with Gasteiger partial charge in [-0.2, -0.15) is 0 Å². The van der Waals surface area contributed by atoms with Crippen molar-refractivity contribution in [2.75, 3.05) is 13.2 Å². The summed E-state index contributed by atoms with van der Waals surface area (Å²) in [6, 6.07) is 15.6. The Kier molecular flexibility index (Phi) is 6.76. The number of carbonyl (C=O) groups is 5. The lowest BCUT2D eigenvalue weighted by Crippen LogP contribution is -2.38. The molecule has 1 heterocycles. The van der Waals surface area contributed by atoms with Gasteiger partial charge < -0.3 is 14.2 Å². The second-order valence-corrected chi connectivity index (χ2v) is 6.45. The fourth-order valence-corrected chi connectivity index (χ4v) is 2.91. The number of nitrogens with zero attached hydrogens (tertiary/aromatic N) is 1. The number of imide groups is 1. The first-order chi connectivity index (χ1) is 14.9. The number of esters is 3. The van der Waals surface area contributed by atoms with Crippen LogP contribution in [0, 0.1) is 0 Å². The van der Waals surface area contributed by atoms with Crippen LogP contribution in [0.3, 0.4) is 0 Å². The van der Waals surface area contributed by atoms with Gasteiger partial charge in [-0.3, -0.25) is 19.3 Å². The fraction of sp³-hybridized carbons (Fsp3) is 0.227. The Hall–Kier alpha value is -4.01. The van der Waals surface area contributed by atoms with Crippen LogP contribution in [0.25, 0.3) is 0 Å². The lowest BCUT2D eigenvalue weighted by molar-refractivity contribution is -0.153. The van der Waals surface area contributed by atoms with E-state index in [1.54, 1.807) is 43.3 Å². The number of rotatable bonds is 7. The summed E-state index contributed by atoms with van der Waals surface area (Å²) < 4.78 is 15.2. The van der Waals surface area contributed by atoms with Crippen LogP contribution in [0.4, 0.5) is 0 Å². The van der Waals surface area contributed by atoms with E-state index in [9.17, 15) is 24.0 Å². The molecule has 160 valence electrons. The highest BCUT2D eigenvalue weighted by Gasteiger charge is 2.53. The van der Waals surface area contributed by atoms with Crippen LogP contribution in [-0.2, 0) is 28.6 Å². The number of amides is 2. The van der Waals surface area contributed by atoms with Gasteiger partial charge >= 0.3 is 17.9 Å². The van der Waals surface area contributed by atoms with Gasteiger partial charge in [0.05, 0.1) is 17.7 Å². The number of ether oxygens (including phenoxy) is 3. The Morgan fingerprint density at radius 3 is 1.58 bits per heavy atom. The van der Waals surface area contributed by atoms with Crippen LogP contribution < -0.4 is 0 Å². The van der Waals surface area contributed by atoms with Crippen molar-refractivity contribution in [2.45, 2.75) is 19.1 Å². The Morgan fingerprint density at radius 2 is 1.19 bits per heavy atom. The minimum Gasteiger partial charge on any atom is -0.465 e. The summed E-state index contributed by atoms with van der Waals surface area (Å²) in [6.07, 6.45) is -3.47. The van der Waals surface area contributed by atoms with Crippen LogP contribution in [-0.4, -0.2) is 60.0 Å². The highest BCUT2D eigenvalue weighted by molar-refractivity contribution is 6.11. The molecule has 0 aliphatic carbocycles. The van der Waals surface area contributed by atoms with Gasteiger partial charge in [0.25, 0.3) is 11.8 Å². The molecule has 0 N–H and O–H groups in total. The van der Waals surface area contributed by atoms with Crippen LogP contribution in [0.5, 0.6) is 0 Å². The average Bonchev–Trinajstić information content (AvgIpc) is 2.99. The van der Waals surface area contributed by atoms with Gasteiger partial charge in [0.2, 0.25) is 12.2 Å². The zero-order chi connectivity index (χ0) is 22.4. The molecule has 1 aliphatic rings. The molecule has 31 heavy (non-hydrogen) atoms. The lowest BCUT2D eigenvalue weighted by Gasteiger charge is -2.16.